The van der Waals surface area contributed by atoms with E-state index in [1.807, 2.05) is 17.0 Å². The molecule has 1 amide bonds. The Morgan fingerprint density at radius 2 is 2.00 bits per heavy atom. The minimum Gasteiger partial charge on any atom is -0.508 e. The number of ether oxygens (including phenoxy) is 1. The molecule has 4 nitrogen and oxygen atoms in total. The van der Waals surface area contributed by atoms with Crippen LogP contribution < -0.4 is 0 Å². The van der Waals surface area contributed by atoms with Gasteiger partial charge in [-0.15, -0.1) is 0 Å². The Labute approximate surface area is 142 Å². The molecule has 4 aliphatic carbocycles. The van der Waals surface area contributed by atoms with E-state index >= 15 is 0 Å². The summed E-state index contributed by atoms with van der Waals surface area (Å²) in [6, 6.07) is 7.00. The summed E-state index contributed by atoms with van der Waals surface area (Å²) in [6.45, 7) is 1.52. The topological polar surface area (TPSA) is 49.8 Å². The largest absolute Gasteiger partial charge is 0.508 e. The molecule has 1 aliphatic heterocycles. The van der Waals surface area contributed by atoms with Crippen LogP contribution in [0, 0.1) is 16.7 Å². The lowest BCUT2D eigenvalue weighted by Gasteiger charge is -2.66. The van der Waals surface area contributed by atoms with Crippen LogP contribution in [-0.4, -0.2) is 29.2 Å². The van der Waals surface area contributed by atoms with Gasteiger partial charge in [0.15, 0.2) is 0 Å². The lowest BCUT2D eigenvalue weighted by atomic mass is 9.40. The second-order valence-electron chi connectivity index (χ2n) is 8.86. The molecule has 0 aromatic heterocycles. The summed E-state index contributed by atoms with van der Waals surface area (Å²) >= 11 is 0. The number of phenols is 1. The fourth-order valence-electron chi connectivity index (χ4n) is 6.45. The fourth-order valence-corrected chi connectivity index (χ4v) is 6.45. The number of rotatable bonds is 3. The smallest absolute Gasteiger partial charge is 0.410 e. The number of carbonyl (C=O) groups is 1. The van der Waals surface area contributed by atoms with Gasteiger partial charge in [0.2, 0.25) is 0 Å². The molecule has 5 fully saturated rings. The Morgan fingerprint density at radius 1 is 1.21 bits per heavy atom. The van der Waals surface area contributed by atoms with Crippen LogP contribution in [0.25, 0.3) is 0 Å². The van der Waals surface area contributed by atoms with E-state index in [1.165, 1.54) is 44.9 Å². The molecule has 128 valence electrons. The first kappa shape index (κ1) is 14.6. The molecule has 4 saturated carbocycles. The second kappa shape index (κ2) is 4.90. The van der Waals surface area contributed by atoms with Crippen LogP contribution >= 0.6 is 0 Å². The van der Waals surface area contributed by atoms with Gasteiger partial charge in [0.1, 0.15) is 11.9 Å². The van der Waals surface area contributed by atoms with Crippen LogP contribution in [0.2, 0.25) is 0 Å². The normalized spacial score (nSPS) is 40.2. The highest BCUT2D eigenvalue weighted by molar-refractivity contribution is 5.70. The quantitative estimate of drug-likeness (QED) is 0.903. The van der Waals surface area contributed by atoms with Gasteiger partial charge in [-0.1, -0.05) is 25.0 Å². The number of hydrogen-bond donors (Lipinski definition) is 1. The number of nitrogens with zero attached hydrogens (tertiary/aromatic N) is 1. The maximum atomic E-state index is 12.4. The summed E-state index contributed by atoms with van der Waals surface area (Å²) in [5.74, 6) is 1.14. The number of hydrogen-bond acceptors (Lipinski definition) is 3. The van der Waals surface area contributed by atoms with Crippen molar-refractivity contribution in [3.8, 4) is 5.75 Å². The predicted octanol–water partition coefficient (Wildman–Crippen LogP) is 4.25. The van der Waals surface area contributed by atoms with Gasteiger partial charge in [-0.2, -0.15) is 0 Å². The first-order chi connectivity index (χ1) is 11.5. The van der Waals surface area contributed by atoms with E-state index in [9.17, 15) is 9.90 Å². The summed E-state index contributed by atoms with van der Waals surface area (Å²) in [6.07, 6.45) is 9.24. The van der Waals surface area contributed by atoms with Gasteiger partial charge in [0.05, 0.1) is 6.54 Å². The van der Waals surface area contributed by atoms with E-state index in [0.29, 0.717) is 17.4 Å². The van der Waals surface area contributed by atoms with Crippen molar-refractivity contribution in [3.05, 3.63) is 29.8 Å². The van der Waals surface area contributed by atoms with Crippen LogP contribution in [0.1, 0.15) is 56.6 Å². The van der Waals surface area contributed by atoms with Crippen molar-refractivity contribution < 1.29 is 14.6 Å². The van der Waals surface area contributed by atoms with Crippen molar-refractivity contribution >= 4 is 6.09 Å². The highest BCUT2D eigenvalue weighted by Gasteiger charge is 2.61. The van der Waals surface area contributed by atoms with Crippen molar-refractivity contribution in [3.63, 3.8) is 0 Å². The Balaban J connectivity index is 1.29. The molecule has 0 radical (unpaired) electrons. The van der Waals surface area contributed by atoms with Crippen LogP contribution in [0.5, 0.6) is 5.75 Å². The van der Waals surface area contributed by atoms with Crippen LogP contribution in [0.4, 0.5) is 4.79 Å². The zero-order valence-electron chi connectivity index (χ0n) is 14.0. The van der Waals surface area contributed by atoms with Gasteiger partial charge >= 0.3 is 6.09 Å². The van der Waals surface area contributed by atoms with Gasteiger partial charge in [0.25, 0.3) is 0 Å². The van der Waals surface area contributed by atoms with E-state index < -0.39 is 0 Å². The summed E-state index contributed by atoms with van der Waals surface area (Å²) in [5, 5.41) is 9.42. The van der Waals surface area contributed by atoms with Crippen molar-refractivity contribution in [2.45, 2.75) is 51.0 Å². The number of cyclic esters (lactones) is 1. The molecule has 2 unspecified atom stereocenters. The molecule has 1 N–H and O–H groups in total. The Morgan fingerprint density at radius 3 is 2.75 bits per heavy atom. The van der Waals surface area contributed by atoms with Crippen LogP contribution in [0.15, 0.2) is 24.3 Å². The summed E-state index contributed by atoms with van der Waals surface area (Å²) in [7, 11) is 0. The van der Waals surface area contributed by atoms with Gasteiger partial charge in [-0.3, -0.25) is 0 Å². The van der Waals surface area contributed by atoms with E-state index in [2.05, 4.69) is 0 Å². The minimum absolute atomic E-state index is 0.167. The molecule has 1 aromatic rings. The summed E-state index contributed by atoms with van der Waals surface area (Å²) < 4.78 is 5.60. The lowest BCUT2D eigenvalue weighted by Crippen LogP contribution is -2.59. The average molecular weight is 327 g/mol. The van der Waals surface area contributed by atoms with Gasteiger partial charge in [-0.05, 0) is 66.5 Å². The zero-order valence-corrected chi connectivity index (χ0v) is 14.0. The summed E-state index contributed by atoms with van der Waals surface area (Å²) in [5.41, 5.74) is 1.96. The molecular formula is C20H25NO3. The molecule has 5 aliphatic rings. The molecule has 1 spiro atoms. The molecule has 4 heteroatoms. The number of amides is 1. The van der Waals surface area contributed by atoms with E-state index in [4.69, 9.17) is 4.74 Å². The standard InChI is InChI=1S/C20H25NO3/c22-16-5-3-15(4-6-16)17-10-21(18(23)24-17)13-20-9-14-2-1-7-19(8-14,11-20)12-20/h3-6,14,17,22H,1-2,7-13H2. The third kappa shape index (κ3) is 2.22. The number of aromatic hydroxyl groups is 1. The maximum absolute atomic E-state index is 12.4. The first-order valence-corrected chi connectivity index (χ1v) is 9.30. The molecule has 2 atom stereocenters. The Bertz CT molecular complexity index is 656. The molecule has 1 heterocycles. The highest BCUT2D eigenvalue weighted by Crippen LogP contribution is 2.70. The van der Waals surface area contributed by atoms with Crippen LogP contribution in [0.3, 0.4) is 0 Å². The zero-order chi connectivity index (χ0) is 16.4. The monoisotopic (exact) mass is 327 g/mol. The molecule has 24 heavy (non-hydrogen) atoms. The van der Waals surface area contributed by atoms with E-state index in [1.54, 1.807) is 12.1 Å². The molecular weight excluding hydrogens is 302 g/mol. The van der Waals surface area contributed by atoms with Crippen LogP contribution in [-0.2, 0) is 4.74 Å². The van der Waals surface area contributed by atoms with Gasteiger partial charge in [0, 0.05) is 6.54 Å². The fraction of sp³-hybridized carbons (Fsp3) is 0.650. The molecule has 3 bridgehead atoms. The van der Waals surface area contributed by atoms with Crippen molar-refractivity contribution in [1.29, 1.82) is 0 Å². The maximum Gasteiger partial charge on any atom is 0.410 e. The first-order valence-electron chi connectivity index (χ1n) is 9.30. The van der Waals surface area contributed by atoms with Crippen molar-refractivity contribution in [2.24, 2.45) is 16.7 Å². The number of carbonyl (C=O) groups excluding carboxylic acids is 1. The Kier molecular flexibility index (Phi) is 2.98. The van der Waals surface area contributed by atoms with E-state index in [0.717, 1.165) is 18.0 Å². The van der Waals surface area contributed by atoms with E-state index in [-0.39, 0.29) is 17.9 Å². The molecule has 6 rings (SSSR count). The lowest BCUT2D eigenvalue weighted by molar-refractivity contribution is -0.152. The Hall–Kier alpha value is -1.71. The summed E-state index contributed by atoms with van der Waals surface area (Å²) in [4.78, 5) is 14.3. The molecule has 1 aromatic carbocycles. The third-order valence-electron chi connectivity index (χ3n) is 6.94. The van der Waals surface area contributed by atoms with Gasteiger partial charge < -0.3 is 14.7 Å². The highest BCUT2D eigenvalue weighted by atomic mass is 16.6. The minimum atomic E-state index is -0.202. The van der Waals surface area contributed by atoms with Crippen molar-refractivity contribution in [2.75, 3.05) is 13.1 Å². The third-order valence-corrected chi connectivity index (χ3v) is 6.94. The SMILES string of the molecule is O=C1OC(c2ccc(O)cc2)CN1CC12CC3CCCC(C3)(C1)C2. The number of benzene rings is 1. The molecule has 1 saturated heterocycles. The van der Waals surface area contributed by atoms with Gasteiger partial charge in [-0.25, -0.2) is 4.79 Å². The second-order valence-corrected chi connectivity index (χ2v) is 8.86. The average Bonchev–Trinajstić information content (AvgIpc) is 2.87. The predicted molar refractivity (Wildman–Crippen MR) is 89.6 cm³/mol. The van der Waals surface area contributed by atoms with Crippen molar-refractivity contribution in [1.82, 2.24) is 4.90 Å². The number of phenolic OH excluding ortho intramolecular Hbond substituents is 1.